The minimum atomic E-state index is -0.583. The van der Waals surface area contributed by atoms with Gasteiger partial charge in [-0.1, -0.05) is 13.8 Å². The number of nitrogens with two attached hydrogens (primary N) is 1. The molecule has 0 spiro atoms. The lowest BCUT2D eigenvalue weighted by Crippen LogP contribution is -2.36. The molecule has 0 fully saturated rings. The average Bonchev–Trinajstić information content (AvgIpc) is 2.44. The second kappa shape index (κ2) is 8.08. The van der Waals surface area contributed by atoms with Crippen molar-refractivity contribution in [3.05, 3.63) is 27.3 Å². The van der Waals surface area contributed by atoms with Gasteiger partial charge in [-0.25, -0.2) is 4.79 Å². The van der Waals surface area contributed by atoms with E-state index in [1.54, 1.807) is 18.2 Å². The smallest absolute Gasteiger partial charge is 0.340 e. The van der Waals surface area contributed by atoms with E-state index in [0.29, 0.717) is 5.69 Å². The maximum Gasteiger partial charge on any atom is 0.340 e. The molecule has 3 N–H and O–H groups in total. The number of rotatable bonds is 6. The van der Waals surface area contributed by atoms with Crippen LogP contribution in [0.15, 0.2) is 18.2 Å². The van der Waals surface area contributed by atoms with Gasteiger partial charge in [0.15, 0.2) is 6.61 Å². The molecule has 1 aromatic rings. The van der Waals surface area contributed by atoms with Crippen molar-refractivity contribution in [2.75, 3.05) is 12.3 Å². The summed E-state index contributed by atoms with van der Waals surface area (Å²) in [6.45, 7) is 3.69. The second-order valence-electron chi connectivity index (χ2n) is 4.39. The number of anilines is 1. The normalized spacial score (nSPS) is 10.4. The summed E-state index contributed by atoms with van der Waals surface area (Å²) in [4.78, 5) is 23.5. The van der Waals surface area contributed by atoms with Crippen molar-refractivity contribution in [3.8, 4) is 0 Å². The predicted octanol–water partition coefficient (Wildman–Crippen LogP) is 2.33. The fourth-order valence-electron chi connectivity index (χ4n) is 1.68. The predicted molar refractivity (Wildman–Crippen MR) is 86.4 cm³/mol. The first-order valence-electron chi connectivity index (χ1n) is 6.49. The Kier molecular flexibility index (Phi) is 6.77. The summed E-state index contributed by atoms with van der Waals surface area (Å²) in [7, 11) is 0. The summed E-state index contributed by atoms with van der Waals surface area (Å²) in [5.74, 6) is -0.878. The van der Waals surface area contributed by atoms with Crippen LogP contribution in [0.1, 0.15) is 37.0 Å². The van der Waals surface area contributed by atoms with Crippen LogP contribution < -0.4 is 11.1 Å². The Morgan fingerprint density at radius 1 is 1.35 bits per heavy atom. The number of hydrogen-bond donors (Lipinski definition) is 2. The number of carbonyl (C=O) groups excluding carboxylic acids is 2. The first-order chi connectivity index (χ1) is 9.47. The molecule has 0 bridgehead atoms. The first kappa shape index (κ1) is 16.7. The summed E-state index contributed by atoms with van der Waals surface area (Å²) in [6.07, 6.45) is 1.69. The molecule has 20 heavy (non-hydrogen) atoms. The molecule has 0 saturated heterocycles. The van der Waals surface area contributed by atoms with Crippen molar-refractivity contribution in [3.63, 3.8) is 0 Å². The molecule has 1 amide bonds. The van der Waals surface area contributed by atoms with Gasteiger partial charge in [0.1, 0.15) is 0 Å². The summed E-state index contributed by atoms with van der Waals surface area (Å²) in [5, 5.41) is 2.80. The fraction of sp³-hybridized carbons (Fsp3) is 0.429. The highest BCUT2D eigenvalue weighted by Gasteiger charge is 2.15. The van der Waals surface area contributed by atoms with Gasteiger partial charge in [0.2, 0.25) is 0 Å². The molecule has 0 radical (unpaired) electrons. The molecular formula is C14H19IN2O3. The van der Waals surface area contributed by atoms with E-state index >= 15 is 0 Å². The highest BCUT2D eigenvalue weighted by molar-refractivity contribution is 14.1. The summed E-state index contributed by atoms with van der Waals surface area (Å²) in [5.41, 5.74) is 6.34. The minimum absolute atomic E-state index is 0.115. The zero-order chi connectivity index (χ0) is 15.1. The van der Waals surface area contributed by atoms with Crippen molar-refractivity contribution in [1.82, 2.24) is 5.32 Å². The number of carbonyl (C=O) groups is 2. The number of hydrogen-bond acceptors (Lipinski definition) is 4. The quantitative estimate of drug-likeness (QED) is 0.444. The SMILES string of the molecule is CCC(CC)NC(=O)COC(=O)c1cc(I)ccc1N. The number of halogens is 1. The Labute approximate surface area is 132 Å². The maximum absolute atomic E-state index is 11.9. The van der Waals surface area contributed by atoms with E-state index in [1.165, 1.54) is 0 Å². The lowest BCUT2D eigenvalue weighted by atomic mass is 10.2. The molecule has 0 unspecified atom stereocenters. The number of esters is 1. The molecule has 0 saturated carbocycles. The summed E-state index contributed by atoms with van der Waals surface area (Å²) < 4.78 is 5.86. The third-order valence-corrected chi connectivity index (χ3v) is 3.59. The molecule has 0 aromatic heterocycles. The Balaban J connectivity index is 2.55. The van der Waals surface area contributed by atoms with Crippen LogP contribution in [-0.4, -0.2) is 24.5 Å². The molecule has 0 aliphatic rings. The monoisotopic (exact) mass is 390 g/mol. The minimum Gasteiger partial charge on any atom is -0.452 e. The lowest BCUT2D eigenvalue weighted by Gasteiger charge is -2.14. The van der Waals surface area contributed by atoms with Gasteiger partial charge in [-0.05, 0) is 53.6 Å². The molecular weight excluding hydrogens is 371 g/mol. The van der Waals surface area contributed by atoms with Crippen molar-refractivity contribution >= 4 is 40.2 Å². The van der Waals surface area contributed by atoms with Crippen LogP contribution in [0.25, 0.3) is 0 Å². The van der Waals surface area contributed by atoms with Gasteiger partial charge in [0.25, 0.3) is 5.91 Å². The van der Waals surface area contributed by atoms with E-state index in [2.05, 4.69) is 27.9 Å². The van der Waals surface area contributed by atoms with Crippen molar-refractivity contribution in [1.29, 1.82) is 0 Å². The lowest BCUT2D eigenvalue weighted by molar-refractivity contribution is -0.125. The van der Waals surface area contributed by atoms with E-state index in [0.717, 1.165) is 16.4 Å². The van der Waals surface area contributed by atoms with Crippen LogP contribution in [-0.2, 0) is 9.53 Å². The number of nitrogens with one attached hydrogen (secondary N) is 1. The number of amides is 1. The zero-order valence-corrected chi connectivity index (χ0v) is 13.8. The number of ether oxygens (including phenoxy) is 1. The molecule has 0 aliphatic heterocycles. The zero-order valence-electron chi connectivity index (χ0n) is 11.6. The molecule has 5 nitrogen and oxygen atoms in total. The van der Waals surface area contributed by atoms with Crippen LogP contribution in [0.3, 0.4) is 0 Å². The van der Waals surface area contributed by atoms with Gasteiger partial charge in [-0.15, -0.1) is 0 Å². The largest absolute Gasteiger partial charge is 0.452 e. The Morgan fingerprint density at radius 2 is 2.00 bits per heavy atom. The van der Waals surface area contributed by atoms with Crippen LogP contribution in [0.5, 0.6) is 0 Å². The first-order valence-corrected chi connectivity index (χ1v) is 7.57. The van der Waals surface area contributed by atoms with Crippen LogP contribution in [0.2, 0.25) is 0 Å². The molecule has 0 atom stereocenters. The van der Waals surface area contributed by atoms with Crippen LogP contribution in [0.4, 0.5) is 5.69 Å². The highest BCUT2D eigenvalue weighted by Crippen LogP contribution is 2.16. The van der Waals surface area contributed by atoms with E-state index in [9.17, 15) is 9.59 Å². The molecule has 6 heteroatoms. The number of benzene rings is 1. The van der Waals surface area contributed by atoms with Gasteiger partial charge in [-0.2, -0.15) is 0 Å². The third kappa shape index (κ3) is 4.99. The van der Waals surface area contributed by atoms with Crippen molar-refractivity contribution in [2.24, 2.45) is 0 Å². The Bertz CT molecular complexity index is 487. The summed E-state index contributed by atoms with van der Waals surface area (Å²) in [6, 6.07) is 5.19. The van der Waals surface area contributed by atoms with Crippen LogP contribution in [0, 0.1) is 3.57 Å². The highest BCUT2D eigenvalue weighted by atomic mass is 127. The molecule has 1 aromatic carbocycles. The van der Waals surface area contributed by atoms with Crippen molar-refractivity contribution < 1.29 is 14.3 Å². The molecule has 1 rings (SSSR count). The fourth-order valence-corrected chi connectivity index (χ4v) is 2.17. The molecule has 0 heterocycles. The molecule has 0 aliphatic carbocycles. The molecule has 110 valence electrons. The van der Waals surface area contributed by atoms with Gasteiger partial charge >= 0.3 is 5.97 Å². The van der Waals surface area contributed by atoms with Gasteiger partial charge in [0, 0.05) is 15.3 Å². The van der Waals surface area contributed by atoms with Crippen molar-refractivity contribution in [2.45, 2.75) is 32.7 Å². The maximum atomic E-state index is 11.9. The van der Waals surface area contributed by atoms with E-state index in [4.69, 9.17) is 10.5 Å². The van der Waals surface area contributed by atoms with E-state index in [-0.39, 0.29) is 24.1 Å². The van der Waals surface area contributed by atoms with E-state index < -0.39 is 5.97 Å². The summed E-state index contributed by atoms with van der Waals surface area (Å²) >= 11 is 2.08. The Morgan fingerprint density at radius 3 is 2.60 bits per heavy atom. The number of nitrogen functional groups attached to an aromatic ring is 1. The standard InChI is InChI=1S/C14H19IN2O3/c1-3-10(4-2)17-13(18)8-20-14(19)11-7-9(15)5-6-12(11)16/h5-7,10H,3-4,8,16H2,1-2H3,(H,17,18). The van der Waals surface area contributed by atoms with Gasteiger partial charge < -0.3 is 15.8 Å². The second-order valence-corrected chi connectivity index (χ2v) is 5.63. The topological polar surface area (TPSA) is 81.4 Å². The third-order valence-electron chi connectivity index (χ3n) is 2.92. The van der Waals surface area contributed by atoms with Gasteiger partial charge in [0.05, 0.1) is 5.56 Å². The van der Waals surface area contributed by atoms with Crippen LogP contribution >= 0.6 is 22.6 Å². The Hall–Kier alpha value is -1.31. The van der Waals surface area contributed by atoms with E-state index in [1.807, 2.05) is 13.8 Å². The average molecular weight is 390 g/mol. The van der Waals surface area contributed by atoms with Gasteiger partial charge in [-0.3, -0.25) is 4.79 Å².